The van der Waals surface area contributed by atoms with Gasteiger partial charge in [0, 0.05) is 28.3 Å². The monoisotopic (exact) mass is 304 g/mol. The number of thiophene rings is 1. The normalized spacial score (nSPS) is 13.8. The van der Waals surface area contributed by atoms with Gasteiger partial charge in [-0.05, 0) is 27.4 Å². The molecule has 0 fully saturated rings. The number of hydrogen-bond acceptors (Lipinski definition) is 3. The lowest BCUT2D eigenvalue weighted by molar-refractivity contribution is -0.134. The van der Waals surface area contributed by atoms with E-state index in [0.717, 1.165) is 9.35 Å². The summed E-state index contributed by atoms with van der Waals surface area (Å²) in [4.78, 5) is 13.1. The van der Waals surface area contributed by atoms with Crippen LogP contribution >= 0.6 is 27.3 Å². The van der Waals surface area contributed by atoms with Crippen molar-refractivity contribution in [3.8, 4) is 0 Å². The number of rotatable bonds is 4. The molecule has 4 heteroatoms. The summed E-state index contributed by atoms with van der Waals surface area (Å²) in [5, 5.41) is 1.99. The summed E-state index contributed by atoms with van der Waals surface area (Å²) in [7, 11) is 1.60. The highest BCUT2D eigenvalue weighted by Crippen LogP contribution is 2.26. The molecule has 0 amide bonds. The fraction of sp³-hybridized carbons (Fsp3) is 0.583. The molecular formula is C12H17BrO2S. The van der Waals surface area contributed by atoms with Crippen molar-refractivity contribution in [1.82, 2.24) is 0 Å². The number of halogens is 1. The standard InChI is InChI=1S/C12H17BrO2S/c1-12(2,3)11(15-4)10(14)6-9-5-8(13)7-16-9/h5,7,11H,6H2,1-4H3. The van der Waals surface area contributed by atoms with Gasteiger partial charge < -0.3 is 4.74 Å². The molecule has 0 aliphatic rings. The van der Waals surface area contributed by atoms with Crippen LogP contribution in [0, 0.1) is 5.41 Å². The van der Waals surface area contributed by atoms with E-state index in [9.17, 15) is 4.79 Å². The van der Waals surface area contributed by atoms with Crippen molar-refractivity contribution in [2.75, 3.05) is 7.11 Å². The fourth-order valence-corrected chi connectivity index (χ4v) is 3.14. The van der Waals surface area contributed by atoms with Crippen LogP contribution in [0.25, 0.3) is 0 Å². The highest BCUT2D eigenvalue weighted by Gasteiger charge is 2.31. The van der Waals surface area contributed by atoms with Crippen molar-refractivity contribution in [2.45, 2.75) is 33.3 Å². The van der Waals surface area contributed by atoms with E-state index in [-0.39, 0.29) is 17.3 Å². The number of ether oxygens (including phenoxy) is 1. The van der Waals surface area contributed by atoms with E-state index in [4.69, 9.17) is 4.74 Å². The molecule has 0 aromatic carbocycles. The molecule has 0 bridgehead atoms. The predicted molar refractivity (Wildman–Crippen MR) is 71.0 cm³/mol. The Hall–Kier alpha value is -0.190. The molecule has 0 spiro atoms. The van der Waals surface area contributed by atoms with E-state index in [1.165, 1.54) is 0 Å². The Balaban J connectivity index is 2.71. The zero-order valence-corrected chi connectivity index (χ0v) is 12.4. The lowest BCUT2D eigenvalue weighted by Crippen LogP contribution is -2.37. The van der Waals surface area contributed by atoms with Crippen LogP contribution in [-0.4, -0.2) is 19.0 Å². The second kappa shape index (κ2) is 5.43. The first-order valence-corrected chi connectivity index (χ1v) is 6.80. The van der Waals surface area contributed by atoms with E-state index in [0.29, 0.717) is 6.42 Å². The van der Waals surface area contributed by atoms with Crippen LogP contribution in [0.2, 0.25) is 0 Å². The van der Waals surface area contributed by atoms with Gasteiger partial charge in [-0.15, -0.1) is 11.3 Å². The lowest BCUT2D eigenvalue weighted by Gasteiger charge is -2.27. The molecule has 0 radical (unpaired) electrons. The lowest BCUT2D eigenvalue weighted by atomic mass is 9.85. The molecule has 0 saturated heterocycles. The van der Waals surface area contributed by atoms with E-state index in [2.05, 4.69) is 15.9 Å². The van der Waals surface area contributed by atoms with Crippen LogP contribution in [0.15, 0.2) is 15.9 Å². The maximum absolute atomic E-state index is 12.1. The van der Waals surface area contributed by atoms with E-state index < -0.39 is 0 Å². The van der Waals surface area contributed by atoms with Gasteiger partial charge in [0.1, 0.15) is 6.10 Å². The maximum Gasteiger partial charge on any atom is 0.167 e. The number of carbonyl (C=O) groups excluding carboxylic acids is 1. The van der Waals surface area contributed by atoms with Gasteiger partial charge in [-0.1, -0.05) is 20.8 Å². The Morgan fingerprint density at radius 2 is 2.19 bits per heavy atom. The minimum absolute atomic E-state index is 0.143. The molecular weight excluding hydrogens is 288 g/mol. The van der Waals surface area contributed by atoms with Gasteiger partial charge >= 0.3 is 0 Å². The molecule has 1 rings (SSSR count). The first-order chi connectivity index (χ1) is 7.34. The molecule has 0 aliphatic carbocycles. The van der Waals surface area contributed by atoms with Gasteiger partial charge in [-0.2, -0.15) is 0 Å². The molecule has 1 aromatic rings. The molecule has 0 aliphatic heterocycles. The highest BCUT2D eigenvalue weighted by atomic mass is 79.9. The third-order valence-corrected chi connectivity index (χ3v) is 3.98. The Bertz CT molecular complexity index is 365. The first kappa shape index (κ1) is 13.9. The summed E-state index contributed by atoms with van der Waals surface area (Å²) < 4.78 is 6.33. The number of hydrogen-bond donors (Lipinski definition) is 0. The summed E-state index contributed by atoms with van der Waals surface area (Å²) in [6.45, 7) is 6.05. The van der Waals surface area contributed by atoms with Crippen molar-refractivity contribution < 1.29 is 9.53 Å². The Labute approximate surface area is 109 Å². The summed E-state index contributed by atoms with van der Waals surface area (Å²) in [5.74, 6) is 0.143. The molecule has 1 aromatic heterocycles. The van der Waals surface area contributed by atoms with Crippen molar-refractivity contribution in [3.63, 3.8) is 0 Å². The zero-order valence-electron chi connectivity index (χ0n) is 10.0. The molecule has 1 unspecified atom stereocenters. The van der Waals surface area contributed by atoms with Crippen LogP contribution < -0.4 is 0 Å². The largest absolute Gasteiger partial charge is 0.373 e. The third-order valence-electron chi connectivity index (χ3n) is 2.28. The van der Waals surface area contributed by atoms with Gasteiger partial charge in [0.2, 0.25) is 0 Å². The van der Waals surface area contributed by atoms with Crippen LogP contribution in [0.5, 0.6) is 0 Å². The quantitative estimate of drug-likeness (QED) is 0.848. The van der Waals surface area contributed by atoms with Gasteiger partial charge in [-0.3, -0.25) is 4.79 Å². The van der Waals surface area contributed by atoms with Gasteiger partial charge in [0.05, 0.1) is 0 Å². The second-order valence-electron chi connectivity index (χ2n) is 4.86. The minimum Gasteiger partial charge on any atom is -0.373 e. The van der Waals surface area contributed by atoms with Crippen molar-refractivity contribution in [1.29, 1.82) is 0 Å². The summed E-state index contributed by atoms with van der Waals surface area (Å²) >= 11 is 4.98. The molecule has 2 nitrogen and oxygen atoms in total. The van der Waals surface area contributed by atoms with Crippen LogP contribution in [0.4, 0.5) is 0 Å². The minimum atomic E-state index is -0.339. The van der Waals surface area contributed by atoms with Crippen molar-refractivity contribution in [3.05, 3.63) is 20.8 Å². The SMILES string of the molecule is COC(C(=O)Cc1cc(Br)cs1)C(C)(C)C. The number of methoxy groups -OCH3 is 1. The number of ketones is 1. The first-order valence-electron chi connectivity index (χ1n) is 5.13. The average Bonchev–Trinajstić information content (AvgIpc) is 2.49. The molecule has 1 heterocycles. The van der Waals surface area contributed by atoms with Crippen molar-refractivity contribution >= 4 is 33.0 Å². The Morgan fingerprint density at radius 3 is 2.56 bits per heavy atom. The van der Waals surface area contributed by atoms with Crippen LogP contribution in [0.1, 0.15) is 25.6 Å². The van der Waals surface area contributed by atoms with Gasteiger partial charge in [0.15, 0.2) is 5.78 Å². The molecule has 1 atom stereocenters. The summed E-state index contributed by atoms with van der Waals surface area (Å²) in [6.07, 6.45) is 0.111. The van der Waals surface area contributed by atoms with E-state index >= 15 is 0 Å². The summed E-state index contributed by atoms with van der Waals surface area (Å²) in [5.41, 5.74) is -0.152. The van der Waals surface area contributed by atoms with Crippen LogP contribution in [0.3, 0.4) is 0 Å². The second-order valence-corrected chi connectivity index (χ2v) is 6.77. The smallest absolute Gasteiger partial charge is 0.167 e. The number of carbonyl (C=O) groups is 1. The molecule has 16 heavy (non-hydrogen) atoms. The maximum atomic E-state index is 12.1. The summed E-state index contributed by atoms with van der Waals surface area (Å²) in [6, 6.07) is 1.98. The number of Topliss-reactive ketones (excluding diaryl/α,β-unsaturated/α-hetero) is 1. The van der Waals surface area contributed by atoms with E-state index in [1.807, 2.05) is 32.2 Å². The zero-order chi connectivity index (χ0) is 12.3. The van der Waals surface area contributed by atoms with Crippen molar-refractivity contribution in [2.24, 2.45) is 5.41 Å². The molecule has 0 N–H and O–H groups in total. The predicted octanol–water partition coefficient (Wildman–Crippen LogP) is 3.68. The highest BCUT2D eigenvalue weighted by molar-refractivity contribution is 9.10. The molecule has 90 valence electrons. The van der Waals surface area contributed by atoms with E-state index in [1.54, 1.807) is 18.4 Å². The topological polar surface area (TPSA) is 26.3 Å². The third kappa shape index (κ3) is 3.68. The van der Waals surface area contributed by atoms with Crippen LogP contribution in [-0.2, 0) is 16.0 Å². The van der Waals surface area contributed by atoms with Gasteiger partial charge in [0.25, 0.3) is 0 Å². The average molecular weight is 305 g/mol. The van der Waals surface area contributed by atoms with Gasteiger partial charge in [-0.25, -0.2) is 0 Å². The Kier molecular flexibility index (Phi) is 4.71. The molecule has 0 saturated carbocycles. The Morgan fingerprint density at radius 1 is 1.56 bits per heavy atom. The fourth-order valence-electron chi connectivity index (χ4n) is 1.68.